The monoisotopic (exact) mass is 206 g/mol. The quantitative estimate of drug-likeness (QED) is 0.575. The molecule has 0 spiro atoms. The summed E-state index contributed by atoms with van der Waals surface area (Å²) >= 11 is 0. The van der Waals surface area contributed by atoms with E-state index < -0.39 is 0 Å². The van der Waals surface area contributed by atoms with E-state index in [9.17, 15) is 0 Å². The molecule has 82 valence electrons. The summed E-state index contributed by atoms with van der Waals surface area (Å²) in [5, 5.41) is 3.31. The van der Waals surface area contributed by atoms with E-state index in [0.29, 0.717) is 6.04 Å². The van der Waals surface area contributed by atoms with Gasteiger partial charge in [-0.2, -0.15) is 0 Å². The van der Waals surface area contributed by atoms with Gasteiger partial charge in [-0.05, 0) is 25.5 Å². The van der Waals surface area contributed by atoms with Crippen LogP contribution in [0.15, 0.2) is 30.9 Å². The molecule has 15 heavy (non-hydrogen) atoms. The van der Waals surface area contributed by atoms with Crippen LogP contribution in [-0.2, 0) is 0 Å². The highest BCUT2D eigenvalue weighted by Gasteiger charge is 2.04. The Balaban J connectivity index is 2.78. The van der Waals surface area contributed by atoms with Crippen molar-refractivity contribution in [3.05, 3.63) is 30.9 Å². The van der Waals surface area contributed by atoms with Crippen LogP contribution < -0.4 is 15.8 Å². The second-order valence-electron chi connectivity index (χ2n) is 3.52. The molecule has 1 aromatic rings. The molecular weight excluding hydrogens is 188 g/mol. The van der Waals surface area contributed by atoms with Gasteiger partial charge in [-0.3, -0.25) is 0 Å². The lowest BCUT2D eigenvalue weighted by Crippen LogP contribution is -2.15. The molecule has 1 rings (SSSR count). The number of ether oxygens (including phenoxy) is 1. The number of hydrogen-bond acceptors (Lipinski definition) is 3. The zero-order valence-electron chi connectivity index (χ0n) is 9.29. The van der Waals surface area contributed by atoms with E-state index in [4.69, 9.17) is 10.5 Å². The highest BCUT2D eigenvalue weighted by atomic mass is 16.5. The molecule has 0 fully saturated rings. The van der Waals surface area contributed by atoms with Gasteiger partial charge in [0, 0.05) is 12.1 Å². The summed E-state index contributed by atoms with van der Waals surface area (Å²) in [6.45, 7) is 5.79. The van der Waals surface area contributed by atoms with Crippen molar-refractivity contribution in [2.75, 3.05) is 18.2 Å². The van der Waals surface area contributed by atoms with E-state index in [0.717, 1.165) is 23.5 Å². The molecule has 0 bridgehead atoms. The zero-order chi connectivity index (χ0) is 11.3. The van der Waals surface area contributed by atoms with Crippen molar-refractivity contribution in [2.24, 2.45) is 0 Å². The number of hydrogen-bond donors (Lipinski definition) is 2. The molecule has 0 aromatic heterocycles. The minimum atomic E-state index is 0.317. The molecule has 0 aliphatic carbocycles. The molecule has 1 unspecified atom stereocenters. The number of rotatable bonds is 5. The van der Waals surface area contributed by atoms with Crippen molar-refractivity contribution < 1.29 is 4.74 Å². The summed E-state index contributed by atoms with van der Waals surface area (Å²) in [5.41, 5.74) is 7.48. The lowest BCUT2D eigenvalue weighted by Gasteiger charge is -2.15. The average Bonchev–Trinajstić information content (AvgIpc) is 2.21. The first-order valence-corrected chi connectivity index (χ1v) is 4.98. The Morgan fingerprint density at radius 3 is 2.93 bits per heavy atom. The van der Waals surface area contributed by atoms with Gasteiger partial charge in [-0.25, -0.2) is 0 Å². The number of benzene rings is 1. The van der Waals surface area contributed by atoms with Gasteiger partial charge in [0.25, 0.3) is 0 Å². The lowest BCUT2D eigenvalue weighted by molar-refractivity contribution is 0.415. The summed E-state index contributed by atoms with van der Waals surface area (Å²) in [5.74, 6) is 0.803. The third-order valence-corrected chi connectivity index (χ3v) is 2.18. The fourth-order valence-electron chi connectivity index (χ4n) is 1.36. The Bertz CT molecular complexity index is 336. The Kier molecular flexibility index (Phi) is 4.03. The number of nitrogens with one attached hydrogen (secondary N) is 1. The van der Waals surface area contributed by atoms with Crippen LogP contribution in [0.5, 0.6) is 5.75 Å². The molecule has 0 saturated carbocycles. The van der Waals surface area contributed by atoms with E-state index >= 15 is 0 Å². The van der Waals surface area contributed by atoms with Gasteiger partial charge in [0.15, 0.2) is 0 Å². The molecule has 0 aliphatic rings. The van der Waals surface area contributed by atoms with Crippen molar-refractivity contribution in [1.29, 1.82) is 0 Å². The molecule has 3 N–H and O–H groups in total. The summed E-state index contributed by atoms with van der Waals surface area (Å²) in [7, 11) is 1.64. The first-order valence-electron chi connectivity index (χ1n) is 4.98. The second-order valence-corrected chi connectivity index (χ2v) is 3.52. The number of anilines is 2. The van der Waals surface area contributed by atoms with Crippen LogP contribution in [0.25, 0.3) is 0 Å². The molecule has 1 atom stereocenters. The SMILES string of the molecule is C=CCC(C)Nc1cc(OC)ccc1N. The van der Waals surface area contributed by atoms with Crippen molar-refractivity contribution in [3.8, 4) is 5.75 Å². The molecular formula is C12H18N2O. The predicted molar refractivity (Wildman–Crippen MR) is 65.3 cm³/mol. The first kappa shape index (κ1) is 11.4. The summed E-state index contributed by atoms with van der Waals surface area (Å²) in [4.78, 5) is 0. The van der Waals surface area contributed by atoms with Gasteiger partial charge in [0.05, 0.1) is 18.5 Å². The van der Waals surface area contributed by atoms with Crippen molar-refractivity contribution in [3.63, 3.8) is 0 Å². The van der Waals surface area contributed by atoms with Gasteiger partial charge in [-0.1, -0.05) is 6.08 Å². The van der Waals surface area contributed by atoms with Crippen LogP contribution in [0.4, 0.5) is 11.4 Å². The fourth-order valence-corrected chi connectivity index (χ4v) is 1.36. The van der Waals surface area contributed by atoms with Gasteiger partial charge in [-0.15, -0.1) is 6.58 Å². The first-order chi connectivity index (χ1) is 7.17. The Labute approximate surface area is 90.9 Å². The molecule has 0 saturated heterocycles. The lowest BCUT2D eigenvalue weighted by atomic mass is 10.2. The maximum atomic E-state index is 5.84. The van der Waals surface area contributed by atoms with Crippen LogP contribution in [0.2, 0.25) is 0 Å². The maximum Gasteiger partial charge on any atom is 0.121 e. The van der Waals surface area contributed by atoms with Crippen molar-refractivity contribution in [1.82, 2.24) is 0 Å². The van der Waals surface area contributed by atoms with Crippen LogP contribution >= 0.6 is 0 Å². The van der Waals surface area contributed by atoms with Crippen LogP contribution in [0, 0.1) is 0 Å². The standard InChI is InChI=1S/C12H18N2O/c1-4-5-9(2)14-12-8-10(15-3)6-7-11(12)13/h4,6-9,14H,1,5,13H2,2-3H3. The van der Waals surface area contributed by atoms with E-state index in [-0.39, 0.29) is 0 Å². The minimum Gasteiger partial charge on any atom is -0.497 e. The van der Waals surface area contributed by atoms with E-state index in [1.807, 2.05) is 24.3 Å². The van der Waals surface area contributed by atoms with Crippen LogP contribution in [-0.4, -0.2) is 13.2 Å². The summed E-state index contributed by atoms with van der Waals surface area (Å²) < 4.78 is 5.14. The fraction of sp³-hybridized carbons (Fsp3) is 0.333. The molecule has 0 radical (unpaired) electrons. The molecule has 0 heterocycles. The van der Waals surface area contributed by atoms with Gasteiger partial charge >= 0.3 is 0 Å². The van der Waals surface area contributed by atoms with Crippen molar-refractivity contribution in [2.45, 2.75) is 19.4 Å². The third kappa shape index (κ3) is 3.20. The summed E-state index contributed by atoms with van der Waals surface area (Å²) in [6.07, 6.45) is 2.78. The van der Waals surface area contributed by atoms with Crippen LogP contribution in [0.3, 0.4) is 0 Å². The third-order valence-electron chi connectivity index (χ3n) is 2.18. The summed E-state index contributed by atoms with van der Waals surface area (Å²) in [6, 6.07) is 5.90. The predicted octanol–water partition coefficient (Wildman–Crippen LogP) is 2.65. The highest BCUT2D eigenvalue weighted by molar-refractivity contribution is 5.68. The number of nitrogen functional groups attached to an aromatic ring is 1. The minimum absolute atomic E-state index is 0.317. The average molecular weight is 206 g/mol. The van der Waals surface area contributed by atoms with Gasteiger partial charge < -0.3 is 15.8 Å². The maximum absolute atomic E-state index is 5.84. The zero-order valence-corrected chi connectivity index (χ0v) is 9.29. The van der Waals surface area contributed by atoms with E-state index in [1.165, 1.54) is 0 Å². The molecule has 0 aliphatic heterocycles. The Morgan fingerprint density at radius 2 is 2.33 bits per heavy atom. The van der Waals surface area contributed by atoms with E-state index in [1.54, 1.807) is 7.11 Å². The Morgan fingerprint density at radius 1 is 1.60 bits per heavy atom. The number of methoxy groups -OCH3 is 1. The molecule has 1 aromatic carbocycles. The topological polar surface area (TPSA) is 47.3 Å². The van der Waals surface area contributed by atoms with E-state index in [2.05, 4.69) is 18.8 Å². The normalized spacial score (nSPS) is 11.9. The molecule has 3 heteroatoms. The number of nitrogens with two attached hydrogens (primary N) is 1. The highest BCUT2D eigenvalue weighted by Crippen LogP contribution is 2.25. The van der Waals surface area contributed by atoms with Crippen molar-refractivity contribution >= 4 is 11.4 Å². The van der Waals surface area contributed by atoms with Crippen LogP contribution in [0.1, 0.15) is 13.3 Å². The van der Waals surface area contributed by atoms with Gasteiger partial charge in [0.1, 0.15) is 5.75 Å². The largest absolute Gasteiger partial charge is 0.497 e. The molecule has 3 nitrogen and oxygen atoms in total. The second kappa shape index (κ2) is 5.29. The Hall–Kier alpha value is -1.64. The smallest absolute Gasteiger partial charge is 0.121 e. The van der Waals surface area contributed by atoms with Gasteiger partial charge in [0.2, 0.25) is 0 Å². The molecule has 0 amide bonds.